The number of anilines is 1. The molecule has 0 fully saturated rings. The number of carbonyl (C=O) groups excluding carboxylic acids is 1. The van der Waals surface area contributed by atoms with Crippen molar-refractivity contribution < 1.29 is 4.79 Å². The van der Waals surface area contributed by atoms with Crippen LogP contribution in [0.1, 0.15) is 40.9 Å². The number of aromatic nitrogens is 2. The van der Waals surface area contributed by atoms with E-state index in [2.05, 4.69) is 17.4 Å². The Morgan fingerprint density at radius 1 is 1.24 bits per heavy atom. The topological polar surface area (TPSA) is 99.1 Å². The molecule has 1 heterocycles. The first-order valence-corrected chi connectivity index (χ1v) is 8.26. The van der Waals surface area contributed by atoms with Gasteiger partial charge in [0.25, 0.3) is 5.56 Å². The van der Waals surface area contributed by atoms with E-state index in [0.717, 1.165) is 22.0 Å². The first-order valence-electron chi connectivity index (χ1n) is 8.26. The van der Waals surface area contributed by atoms with Crippen LogP contribution in [-0.4, -0.2) is 21.0 Å². The standard InChI is InChI=1S/C18H22N4O3/c1-10(20-13-9-8-11-6-4-5-7-12(11)13)15(23)14-16(19)21(2)18(25)22(3)17(14)24/h4-7,10,13,20H,8-9,19H2,1-3H3/t10-,13+/m0/s1. The minimum absolute atomic E-state index is 0.0627. The van der Waals surface area contributed by atoms with E-state index in [4.69, 9.17) is 5.73 Å². The van der Waals surface area contributed by atoms with Crippen molar-refractivity contribution in [3.05, 3.63) is 61.8 Å². The average molecular weight is 342 g/mol. The summed E-state index contributed by atoms with van der Waals surface area (Å²) in [4.78, 5) is 37.1. The van der Waals surface area contributed by atoms with Crippen LogP contribution in [0.15, 0.2) is 33.9 Å². The van der Waals surface area contributed by atoms with Crippen LogP contribution in [0.25, 0.3) is 0 Å². The van der Waals surface area contributed by atoms with Crippen LogP contribution >= 0.6 is 0 Å². The van der Waals surface area contributed by atoms with Crippen molar-refractivity contribution in [3.8, 4) is 0 Å². The molecule has 0 bridgehead atoms. The Balaban J connectivity index is 1.90. The van der Waals surface area contributed by atoms with Gasteiger partial charge in [0, 0.05) is 20.1 Å². The van der Waals surface area contributed by atoms with Crippen LogP contribution in [-0.2, 0) is 20.5 Å². The molecule has 7 heteroatoms. The lowest BCUT2D eigenvalue weighted by atomic mass is 10.0. The van der Waals surface area contributed by atoms with Gasteiger partial charge in [0.15, 0.2) is 5.78 Å². The van der Waals surface area contributed by atoms with E-state index in [9.17, 15) is 14.4 Å². The molecule has 3 N–H and O–H groups in total. The molecular weight excluding hydrogens is 320 g/mol. The summed E-state index contributed by atoms with van der Waals surface area (Å²) in [5, 5.41) is 3.30. The van der Waals surface area contributed by atoms with Crippen molar-refractivity contribution in [2.45, 2.75) is 31.8 Å². The molecule has 1 aliphatic rings. The Bertz CT molecular complexity index is 958. The highest BCUT2D eigenvalue weighted by Gasteiger charge is 2.29. The first kappa shape index (κ1) is 17.2. The third-order valence-electron chi connectivity index (χ3n) is 4.93. The van der Waals surface area contributed by atoms with Gasteiger partial charge >= 0.3 is 5.69 Å². The number of ketones is 1. The summed E-state index contributed by atoms with van der Waals surface area (Å²) < 4.78 is 2.02. The third kappa shape index (κ3) is 2.80. The fourth-order valence-corrected chi connectivity index (χ4v) is 3.42. The van der Waals surface area contributed by atoms with Gasteiger partial charge in [-0.25, -0.2) is 4.79 Å². The lowest BCUT2D eigenvalue weighted by Crippen LogP contribution is -2.45. The van der Waals surface area contributed by atoms with Gasteiger partial charge in [0.2, 0.25) is 0 Å². The molecule has 1 aliphatic carbocycles. The molecule has 0 aliphatic heterocycles. The van der Waals surface area contributed by atoms with Crippen LogP contribution in [0.3, 0.4) is 0 Å². The molecule has 0 spiro atoms. The maximum Gasteiger partial charge on any atom is 0.332 e. The molecule has 2 atom stereocenters. The van der Waals surface area contributed by atoms with E-state index in [1.807, 2.05) is 12.1 Å². The lowest BCUT2D eigenvalue weighted by molar-refractivity contribution is 0.0942. The number of aryl methyl sites for hydroxylation is 1. The Kier molecular flexibility index (Phi) is 4.34. The zero-order chi connectivity index (χ0) is 18.3. The highest BCUT2D eigenvalue weighted by molar-refractivity contribution is 6.03. The van der Waals surface area contributed by atoms with E-state index >= 15 is 0 Å². The predicted molar refractivity (Wildman–Crippen MR) is 95.8 cm³/mol. The van der Waals surface area contributed by atoms with Crippen molar-refractivity contribution in [2.75, 3.05) is 5.73 Å². The lowest BCUT2D eigenvalue weighted by Gasteiger charge is -2.20. The fraction of sp³-hybridized carbons (Fsp3) is 0.389. The molecule has 0 unspecified atom stereocenters. The van der Waals surface area contributed by atoms with E-state index in [0.29, 0.717) is 0 Å². The minimum atomic E-state index is -0.661. The van der Waals surface area contributed by atoms with Crippen molar-refractivity contribution in [2.24, 2.45) is 14.1 Å². The molecule has 1 aromatic carbocycles. The van der Waals surface area contributed by atoms with Crippen LogP contribution in [0.4, 0.5) is 5.82 Å². The van der Waals surface area contributed by atoms with Crippen molar-refractivity contribution in [1.82, 2.24) is 14.5 Å². The van der Waals surface area contributed by atoms with Gasteiger partial charge in [-0.3, -0.25) is 18.7 Å². The number of rotatable bonds is 4. The number of nitrogens with zero attached hydrogens (tertiary/aromatic N) is 2. The summed E-state index contributed by atoms with van der Waals surface area (Å²) in [5.74, 6) is -0.503. The number of benzene rings is 1. The van der Waals surface area contributed by atoms with Crippen LogP contribution in [0, 0.1) is 0 Å². The Hall–Kier alpha value is -2.67. The molecule has 1 aromatic heterocycles. The summed E-state index contributed by atoms with van der Waals surface area (Å²) in [6.07, 6.45) is 1.86. The number of fused-ring (bicyclic) bond motifs is 1. The number of carbonyl (C=O) groups is 1. The number of Topliss-reactive ketones (excluding diaryl/α,β-unsaturated/α-hetero) is 1. The number of hydrogen-bond acceptors (Lipinski definition) is 5. The van der Waals surface area contributed by atoms with Gasteiger partial charge in [0.05, 0.1) is 6.04 Å². The molecule has 0 saturated carbocycles. The van der Waals surface area contributed by atoms with Gasteiger partial charge in [-0.05, 0) is 30.9 Å². The largest absolute Gasteiger partial charge is 0.384 e. The van der Waals surface area contributed by atoms with Crippen molar-refractivity contribution >= 4 is 11.6 Å². The predicted octanol–water partition coefficient (Wildman–Crippen LogP) is 0.515. The molecule has 3 rings (SSSR count). The number of nitrogen functional groups attached to an aromatic ring is 1. The van der Waals surface area contributed by atoms with Gasteiger partial charge in [-0.2, -0.15) is 0 Å². The van der Waals surface area contributed by atoms with Gasteiger partial charge < -0.3 is 11.1 Å². The number of nitrogens with two attached hydrogens (primary N) is 1. The monoisotopic (exact) mass is 342 g/mol. The number of nitrogens with one attached hydrogen (secondary N) is 1. The Morgan fingerprint density at radius 2 is 1.92 bits per heavy atom. The molecule has 132 valence electrons. The van der Waals surface area contributed by atoms with E-state index in [-0.39, 0.29) is 17.4 Å². The second-order valence-corrected chi connectivity index (χ2v) is 6.51. The SMILES string of the molecule is C[C@H](N[C@@H]1CCc2ccccc21)C(=O)c1c(N)n(C)c(=O)n(C)c1=O. The fourth-order valence-electron chi connectivity index (χ4n) is 3.42. The summed E-state index contributed by atoms with van der Waals surface area (Å²) >= 11 is 0. The quantitative estimate of drug-likeness (QED) is 0.789. The second kappa shape index (κ2) is 6.33. The van der Waals surface area contributed by atoms with Gasteiger partial charge in [0.1, 0.15) is 11.4 Å². The maximum absolute atomic E-state index is 12.8. The van der Waals surface area contributed by atoms with Crippen LogP contribution in [0.5, 0.6) is 0 Å². The zero-order valence-corrected chi connectivity index (χ0v) is 14.6. The van der Waals surface area contributed by atoms with Crippen molar-refractivity contribution in [1.29, 1.82) is 0 Å². The van der Waals surface area contributed by atoms with Gasteiger partial charge in [-0.15, -0.1) is 0 Å². The average Bonchev–Trinajstić information content (AvgIpc) is 3.01. The molecule has 25 heavy (non-hydrogen) atoms. The molecular formula is C18H22N4O3. The van der Waals surface area contributed by atoms with Crippen LogP contribution < -0.4 is 22.3 Å². The molecule has 0 saturated heterocycles. The molecule has 0 amide bonds. The Morgan fingerprint density at radius 3 is 2.64 bits per heavy atom. The van der Waals surface area contributed by atoms with E-state index < -0.39 is 23.1 Å². The second-order valence-electron chi connectivity index (χ2n) is 6.51. The molecule has 0 radical (unpaired) electrons. The minimum Gasteiger partial charge on any atom is -0.384 e. The summed E-state index contributed by atoms with van der Waals surface area (Å²) in [5.41, 5.74) is 6.98. The van der Waals surface area contributed by atoms with Crippen LogP contribution in [0.2, 0.25) is 0 Å². The third-order valence-corrected chi connectivity index (χ3v) is 4.93. The van der Waals surface area contributed by atoms with E-state index in [1.54, 1.807) is 6.92 Å². The normalized spacial score (nSPS) is 17.3. The highest BCUT2D eigenvalue weighted by Crippen LogP contribution is 2.31. The zero-order valence-electron chi connectivity index (χ0n) is 14.6. The molecule has 2 aromatic rings. The Labute approximate surface area is 145 Å². The summed E-state index contributed by atoms with van der Waals surface area (Å²) in [6, 6.07) is 7.59. The maximum atomic E-state index is 12.8. The summed E-state index contributed by atoms with van der Waals surface area (Å²) in [7, 11) is 2.78. The van der Waals surface area contributed by atoms with E-state index in [1.165, 1.54) is 25.2 Å². The smallest absolute Gasteiger partial charge is 0.332 e. The number of hydrogen-bond donors (Lipinski definition) is 2. The highest BCUT2D eigenvalue weighted by atomic mass is 16.2. The van der Waals surface area contributed by atoms with Crippen molar-refractivity contribution in [3.63, 3.8) is 0 Å². The molecule has 7 nitrogen and oxygen atoms in total. The first-order chi connectivity index (χ1) is 11.8. The van der Waals surface area contributed by atoms with Gasteiger partial charge in [-0.1, -0.05) is 24.3 Å². The summed E-state index contributed by atoms with van der Waals surface area (Å²) in [6.45, 7) is 1.72.